The molecular weight excluding hydrogens is 224 g/mol. The molecule has 0 saturated heterocycles. The van der Waals surface area contributed by atoms with E-state index in [0.29, 0.717) is 4.90 Å². The Labute approximate surface area is 96.9 Å². The first-order valence-corrected chi connectivity index (χ1v) is 6.56. The fourth-order valence-electron chi connectivity index (χ4n) is 1.32. The molecule has 0 unspecified atom stereocenters. The van der Waals surface area contributed by atoms with Gasteiger partial charge < -0.3 is 5.73 Å². The maximum atomic E-state index is 12.1. The summed E-state index contributed by atoms with van der Waals surface area (Å²) in [5.41, 5.74) is 5.59. The van der Waals surface area contributed by atoms with Crippen LogP contribution in [0, 0.1) is 6.92 Å². The molecule has 0 fully saturated rings. The molecule has 90 valence electrons. The number of benzene rings is 1. The normalized spacial score (nSPS) is 12.8. The van der Waals surface area contributed by atoms with E-state index in [-0.39, 0.29) is 6.54 Å². The zero-order valence-electron chi connectivity index (χ0n) is 9.82. The van der Waals surface area contributed by atoms with Crippen LogP contribution in [0.2, 0.25) is 0 Å². The summed E-state index contributed by atoms with van der Waals surface area (Å²) < 4.78 is 26.7. The lowest BCUT2D eigenvalue weighted by molar-refractivity contribution is 0.462. The van der Waals surface area contributed by atoms with E-state index in [9.17, 15) is 8.42 Å². The van der Waals surface area contributed by atoms with E-state index < -0.39 is 15.6 Å². The maximum absolute atomic E-state index is 12.1. The first kappa shape index (κ1) is 13.2. The molecule has 3 N–H and O–H groups in total. The van der Waals surface area contributed by atoms with Crippen molar-refractivity contribution >= 4 is 10.0 Å². The van der Waals surface area contributed by atoms with E-state index in [2.05, 4.69) is 4.72 Å². The Hall–Kier alpha value is -0.910. The van der Waals surface area contributed by atoms with Crippen molar-refractivity contribution in [3.63, 3.8) is 0 Å². The molecule has 0 bridgehead atoms. The minimum Gasteiger partial charge on any atom is -0.329 e. The lowest BCUT2D eigenvalue weighted by Gasteiger charge is -2.24. The van der Waals surface area contributed by atoms with Gasteiger partial charge in [0.2, 0.25) is 10.0 Å². The largest absolute Gasteiger partial charge is 0.329 e. The highest BCUT2D eigenvalue weighted by Crippen LogP contribution is 2.16. The van der Waals surface area contributed by atoms with Crippen LogP contribution in [0.1, 0.15) is 19.4 Å². The van der Waals surface area contributed by atoms with Crippen molar-refractivity contribution in [3.05, 3.63) is 29.8 Å². The molecule has 1 aromatic rings. The van der Waals surface area contributed by atoms with Crippen LogP contribution in [-0.4, -0.2) is 20.5 Å². The third-order valence-electron chi connectivity index (χ3n) is 2.30. The Balaban J connectivity index is 3.09. The quantitative estimate of drug-likeness (QED) is 0.827. The molecule has 1 aromatic carbocycles. The zero-order chi connectivity index (χ0) is 12.4. The molecule has 1 rings (SSSR count). The second kappa shape index (κ2) is 4.53. The van der Waals surface area contributed by atoms with E-state index in [1.165, 1.54) is 0 Å². The SMILES string of the molecule is Cc1ccccc1S(=O)(=O)NC(C)(C)CN. The van der Waals surface area contributed by atoms with Crippen LogP contribution in [-0.2, 0) is 10.0 Å². The average Bonchev–Trinajstić information content (AvgIpc) is 2.16. The van der Waals surface area contributed by atoms with Gasteiger partial charge in [-0.15, -0.1) is 0 Å². The topological polar surface area (TPSA) is 72.2 Å². The van der Waals surface area contributed by atoms with Crippen molar-refractivity contribution in [1.82, 2.24) is 4.72 Å². The molecule has 0 atom stereocenters. The summed E-state index contributed by atoms with van der Waals surface area (Å²) in [6, 6.07) is 6.87. The Morgan fingerprint density at radius 2 is 1.88 bits per heavy atom. The number of hydrogen-bond acceptors (Lipinski definition) is 3. The standard InChI is InChI=1S/C11H18N2O2S/c1-9-6-4-5-7-10(9)16(14,15)13-11(2,3)8-12/h4-7,13H,8,12H2,1-3H3. The molecule has 0 radical (unpaired) electrons. The fourth-order valence-corrected chi connectivity index (χ4v) is 2.99. The number of rotatable bonds is 4. The molecule has 5 heteroatoms. The molecule has 0 heterocycles. The number of sulfonamides is 1. The Bertz CT molecular complexity index is 467. The molecule has 0 aliphatic rings. The molecule has 0 aromatic heterocycles. The number of hydrogen-bond donors (Lipinski definition) is 2. The van der Waals surface area contributed by atoms with Crippen molar-refractivity contribution < 1.29 is 8.42 Å². The lowest BCUT2D eigenvalue weighted by Crippen LogP contribution is -2.48. The van der Waals surface area contributed by atoms with E-state index >= 15 is 0 Å². The Morgan fingerprint density at radius 3 is 2.38 bits per heavy atom. The number of nitrogens with two attached hydrogens (primary N) is 1. The maximum Gasteiger partial charge on any atom is 0.241 e. The molecule has 0 amide bonds. The van der Waals surface area contributed by atoms with Crippen LogP contribution in [0.3, 0.4) is 0 Å². The Morgan fingerprint density at radius 1 is 1.31 bits per heavy atom. The summed E-state index contributed by atoms with van der Waals surface area (Å²) in [5.74, 6) is 0. The summed E-state index contributed by atoms with van der Waals surface area (Å²) in [6.45, 7) is 5.52. The van der Waals surface area contributed by atoms with Gasteiger partial charge in [-0.2, -0.15) is 0 Å². The van der Waals surface area contributed by atoms with Crippen LogP contribution in [0.25, 0.3) is 0 Å². The van der Waals surface area contributed by atoms with Gasteiger partial charge >= 0.3 is 0 Å². The predicted molar refractivity (Wildman–Crippen MR) is 64.6 cm³/mol. The van der Waals surface area contributed by atoms with Gasteiger partial charge in [-0.3, -0.25) is 0 Å². The third-order valence-corrected chi connectivity index (χ3v) is 4.16. The van der Waals surface area contributed by atoms with Crippen LogP contribution in [0.4, 0.5) is 0 Å². The first-order chi connectivity index (χ1) is 7.28. The van der Waals surface area contributed by atoms with Gasteiger partial charge in [-0.05, 0) is 32.4 Å². The number of nitrogens with one attached hydrogen (secondary N) is 1. The summed E-state index contributed by atoms with van der Waals surface area (Å²) in [5, 5.41) is 0. The molecule has 16 heavy (non-hydrogen) atoms. The highest BCUT2D eigenvalue weighted by molar-refractivity contribution is 7.89. The highest BCUT2D eigenvalue weighted by atomic mass is 32.2. The highest BCUT2D eigenvalue weighted by Gasteiger charge is 2.25. The molecular formula is C11H18N2O2S. The van der Waals surface area contributed by atoms with Crippen molar-refractivity contribution in [3.8, 4) is 0 Å². The van der Waals surface area contributed by atoms with Gasteiger partial charge in [-0.25, -0.2) is 13.1 Å². The summed E-state index contributed by atoms with van der Waals surface area (Å²) in [4.78, 5) is 0.302. The van der Waals surface area contributed by atoms with Crippen molar-refractivity contribution in [2.75, 3.05) is 6.54 Å². The summed E-state index contributed by atoms with van der Waals surface area (Å²) in [7, 11) is -3.49. The Kier molecular flexibility index (Phi) is 3.72. The second-order valence-corrected chi connectivity index (χ2v) is 6.11. The monoisotopic (exact) mass is 242 g/mol. The number of aryl methyl sites for hydroxylation is 1. The van der Waals surface area contributed by atoms with Crippen LogP contribution >= 0.6 is 0 Å². The van der Waals surface area contributed by atoms with Crippen LogP contribution in [0.15, 0.2) is 29.2 Å². The van der Waals surface area contributed by atoms with Gasteiger partial charge in [0, 0.05) is 12.1 Å². The first-order valence-electron chi connectivity index (χ1n) is 5.08. The third kappa shape index (κ3) is 3.04. The van der Waals surface area contributed by atoms with Gasteiger partial charge in [0.25, 0.3) is 0 Å². The summed E-state index contributed by atoms with van der Waals surface area (Å²) >= 11 is 0. The van der Waals surface area contributed by atoms with Crippen molar-refractivity contribution in [2.24, 2.45) is 5.73 Å². The van der Waals surface area contributed by atoms with Crippen LogP contribution < -0.4 is 10.5 Å². The predicted octanol–water partition coefficient (Wildman–Crippen LogP) is 1.01. The fraction of sp³-hybridized carbons (Fsp3) is 0.455. The van der Waals surface area contributed by atoms with Crippen molar-refractivity contribution in [2.45, 2.75) is 31.2 Å². The van der Waals surface area contributed by atoms with E-state index in [0.717, 1.165) is 5.56 Å². The lowest BCUT2D eigenvalue weighted by atomic mass is 10.1. The smallest absolute Gasteiger partial charge is 0.241 e. The van der Waals surface area contributed by atoms with Crippen LogP contribution in [0.5, 0.6) is 0 Å². The molecule has 0 spiro atoms. The van der Waals surface area contributed by atoms with Gasteiger partial charge in [0.1, 0.15) is 0 Å². The molecule has 0 aliphatic heterocycles. The van der Waals surface area contributed by atoms with Gasteiger partial charge in [0.15, 0.2) is 0 Å². The minimum absolute atomic E-state index is 0.248. The van der Waals surface area contributed by atoms with Gasteiger partial charge in [-0.1, -0.05) is 18.2 Å². The summed E-state index contributed by atoms with van der Waals surface area (Å²) in [6.07, 6.45) is 0. The average molecular weight is 242 g/mol. The van der Waals surface area contributed by atoms with Crippen molar-refractivity contribution in [1.29, 1.82) is 0 Å². The molecule has 0 aliphatic carbocycles. The van der Waals surface area contributed by atoms with E-state index in [4.69, 9.17) is 5.73 Å². The zero-order valence-corrected chi connectivity index (χ0v) is 10.6. The van der Waals surface area contributed by atoms with E-state index in [1.807, 2.05) is 6.07 Å². The van der Waals surface area contributed by atoms with E-state index in [1.54, 1.807) is 39.0 Å². The second-order valence-electron chi connectivity index (χ2n) is 4.46. The van der Waals surface area contributed by atoms with Gasteiger partial charge in [0.05, 0.1) is 4.90 Å². The molecule has 4 nitrogen and oxygen atoms in total. The minimum atomic E-state index is -3.49. The molecule has 0 saturated carbocycles.